The zero-order valence-electron chi connectivity index (χ0n) is 5.96. The van der Waals surface area contributed by atoms with Gasteiger partial charge in [-0.25, -0.2) is 0 Å². The van der Waals surface area contributed by atoms with Gasteiger partial charge in [0.25, 0.3) is 0 Å². The van der Waals surface area contributed by atoms with Crippen LogP contribution in [0.5, 0.6) is 0 Å². The van der Waals surface area contributed by atoms with Crippen LogP contribution in [0.2, 0.25) is 0 Å². The standard InChI is InChI=1S/C7H9NOS/c1-5-3-4-6(2)8(9)7(5)10/h3-4,9H,1-2H3. The molecule has 0 saturated heterocycles. The van der Waals surface area contributed by atoms with Gasteiger partial charge < -0.3 is 5.21 Å². The van der Waals surface area contributed by atoms with Crippen LogP contribution >= 0.6 is 12.2 Å². The molecule has 0 unspecified atom stereocenters. The van der Waals surface area contributed by atoms with E-state index in [9.17, 15) is 5.21 Å². The van der Waals surface area contributed by atoms with Gasteiger partial charge in [0.1, 0.15) is 4.64 Å². The minimum atomic E-state index is 0.486. The van der Waals surface area contributed by atoms with Crippen LogP contribution in [0.25, 0.3) is 0 Å². The second-order valence-electron chi connectivity index (χ2n) is 2.27. The lowest BCUT2D eigenvalue weighted by molar-refractivity contribution is 0.173. The smallest absolute Gasteiger partial charge is 0.145 e. The fourth-order valence-corrected chi connectivity index (χ4v) is 0.927. The molecule has 1 aromatic rings. The Balaban J connectivity index is 3.50. The molecule has 1 aromatic heterocycles. The van der Waals surface area contributed by atoms with E-state index < -0.39 is 0 Å². The predicted molar refractivity (Wildman–Crippen MR) is 41.9 cm³/mol. The molecule has 0 atom stereocenters. The molecule has 3 heteroatoms. The average Bonchev–Trinajstić information content (AvgIpc) is 1.93. The molecule has 1 N–H and O–H groups in total. The highest BCUT2D eigenvalue weighted by Gasteiger charge is 1.94. The summed E-state index contributed by atoms with van der Waals surface area (Å²) in [6, 6.07) is 3.72. The molecule has 0 radical (unpaired) electrons. The van der Waals surface area contributed by atoms with Crippen molar-refractivity contribution in [3.63, 3.8) is 0 Å². The van der Waals surface area contributed by atoms with E-state index in [1.807, 2.05) is 19.1 Å². The van der Waals surface area contributed by atoms with Crippen molar-refractivity contribution in [2.24, 2.45) is 0 Å². The third-order valence-corrected chi connectivity index (χ3v) is 1.93. The summed E-state index contributed by atoms with van der Waals surface area (Å²) < 4.78 is 1.50. The number of hydrogen-bond acceptors (Lipinski definition) is 2. The normalized spacial score (nSPS) is 9.80. The number of aromatic nitrogens is 1. The number of pyridine rings is 1. The Morgan fingerprint density at radius 2 is 2.00 bits per heavy atom. The Hall–Kier alpha value is -0.830. The summed E-state index contributed by atoms with van der Waals surface area (Å²) in [4.78, 5) is 0. The molecular formula is C7H9NOS. The molecule has 0 spiro atoms. The van der Waals surface area contributed by atoms with Crippen molar-refractivity contribution in [1.29, 1.82) is 0 Å². The largest absolute Gasteiger partial charge is 0.427 e. The van der Waals surface area contributed by atoms with Gasteiger partial charge in [-0.15, -0.1) is 0 Å². The second-order valence-corrected chi connectivity index (χ2v) is 2.66. The zero-order chi connectivity index (χ0) is 7.72. The molecule has 0 saturated carbocycles. The Bertz CT molecular complexity index is 303. The van der Waals surface area contributed by atoms with Gasteiger partial charge in [-0.3, -0.25) is 0 Å². The molecule has 0 bridgehead atoms. The summed E-state index contributed by atoms with van der Waals surface area (Å²) in [7, 11) is 0. The second kappa shape index (κ2) is 2.42. The van der Waals surface area contributed by atoms with Crippen molar-refractivity contribution < 1.29 is 5.21 Å². The number of aryl methyl sites for hydroxylation is 2. The van der Waals surface area contributed by atoms with Gasteiger partial charge in [0.15, 0.2) is 0 Å². The van der Waals surface area contributed by atoms with E-state index in [2.05, 4.69) is 0 Å². The lowest BCUT2D eigenvalue weighted by Crippen LogP contribution is -1.99. The van der Waals surface area contributed by atoms with Gasteiger partial charge in [0.05, 0.1) is 5.69 Å². The van der Waals surface area contributed by atoms with Gasteiger partial charge in [-0.05, 0) is 25.5 Å². The SMILES string of the molecule is Cc1ccc(C)n(O)c1=S. The van der Waals surface area contributed by atoms with Gasteiger partial charge >= 0.3 is 0 Å². The van der Waals surface area contributed by atoms with Crippen molar-refractivity contribution in [2.45, 2.75) is 13.8 Å². The monoisotopic (exact) mass is 155 g/mol. The summed E-state index contributed by atoms with van der Waals surface area (Å²) in [5.41, 5.74) is 1.68. The van der Waals surface area contributed by atoms with Gasteiger partial charge in [-0.1, -0.05) is 18.3 Å². The van der Waals surface area contributed by atoms with Crippen molar-refractivity contribution in [2.75, 3.05) is 0 Å². The van der Waals surface area contributed by atoms with Crippen LogP contribution in [0, 0.1) is 18.5 Å². The summed E-state index contributed by atoms with van der Waals surface area (Å²) in [5.74, 6) is 0. The first-order valence-electron chi connectivity index (χ1n) is 3.01. The maximum atomic E-state index is 9.20. The zero-order valence-corrected chi connectivity index (χ0v) is 6.77. The number of rotatable bonds is 0. The molecule has 1 rings (SSSR count). The lowest BCUT2D eigenvalue weighted by Gasteiger charge is -2.02. The molecule has 0 amide bonds. The first-order chi connectivity index (χ1) is 4.63. The van der Waals surface area contributed by atoms with Crippen molar-refractivity contribution >= 4 is 12.2 Å². The van der Waals surface area contributed by atoms with E-state index in [1.165, 1.54) is 0 Å². The third-order valence-electron chi connectivity index (χ3n) is 1.44. The highest BCUT2D eigenvalue weighted by Crippen LogP contribution is 2.03. The first kappa shape index (κ1) is 7.28. The first-order valence-corrected chi connectivity index (χ1v) is 3.42. The molecule has 0 aliphatic carbocycles. The van der Waals surface area contributed by atoms with Crippen LogP contribution in [-0.4, -0.2) is 9.94 Å². The summed E-state index contributed by atoms with van der Waals surface area (Å²) in [6.45, 7) is 3.67. The Morgan fingerprint density at radius 1 is 1.40 bits per heavy atom. The van der Waals surface area contributed by atoms with Crippen LogP contribution in [0.4, 0.5) is 0 Å². The molecule has 0 aliphatic heterocycles. The van der Waals surface area contributed by atoms with E-state index in [-0.39, 0.29) is 0 Å². The Morgan fingerprint density at radius 3 is 2.50 bits per heavy atom. The molecular weight excluding hydrogens is 146 g/mol. The van der Waals surface area contributed by atoms with Gasteiger partial charge in [0.2, 0.25) is 0 Å². The predicted octanol–water partition coefficient (Wildman–Crippen LogP) is 2.07. The Kier molecular flexibility index (Phi) is 1.76. The summed E-state index contributed by atoms with van der Waals surface area (Å²) >= 11 is 4.89. The third kappa shape index (κ3) is 1.04. The van der Waals surface area contributed by atoms with E-state index >= 15 is 0 Å². The van der Waals surface area contributed by atoms with E-state index in [4.69, 9.17) is 12.2 Å². The fourth-order valence-electron chi connectivity index (χ4n) is 0.715. The maximum absolute atomic E-state index is 9.20. The van der Waals surface area contributed by atoms with Crippen LogP contribution in [0.15, 0.2) is 12.1 Å². The van der Waals surface area contributed by atoms with E-state index in [0.29, 0.717) is 4.64 Å². The minimum Gasteiger partial charge on any atom is -0.427 e. The maximum Gasteiger partial charge on any atom is 0.145 e. The highest BCUT2D eigenvalue weighted by atomic mass is 32.1. The van der Waals surface area contributed by atoms with Crippen LogP contribution in [-0.2, 0) is 0 Å². The number of nitrogens with zero attached hydrogens (tertiary/aromatic N) is 1. The molecule has 1 heterocycles. The van der Waals surface area contributed by atoms with E-state index in [0.717, 1.165) is 16.0 Å². The van der Waals surface area contributed by atoms with Crippen molar-refractivity contribution in [1.82, 2.24) is 4.73 Å². The molecule has 0 fully saturated rings. The Labute approximate surface area is 64.7 Å². The van der Waals surface area contributed by atoms with Crippen LogP contribution in [0.1, 0.15) is 11.3 Å². The molecule has 0 aliphatic rings. The van der Waals surface area contributed by atoms with E-state index in [1.54, 1.807) is 6.92 Å². The van der Waals surface area contributed by atoms with Crippen molar-refractivity contribution in [3.05, 3.63) is 28.0 Å². The van der Waals surface area contributed by atoms with Gasteiger partial charge in [0, 0.05) is 0 Å². The minimum absolute atomic E-state index is 0.486. The summed E-state index contributed by atoms with van der Waals surface area (Å²) in [6.07, 6.45) is 0. The topological polar surface area (TPSA) is 25.2 Å². The fraction of sp³-hybridized carbons (Fsp3) is 0.286. The summed E-state index contributed by atoms with van der Waals surface area (Å²) in [5, 5.41) is 9.20. The van der Waals surface area contributed by atoms with Crippen molar-refractivity contribution in [3.8, 4) is 0 Å². The van der Waals surface area contributed by atoms with Gasteiger partial charge in [-0.2, -0.15) is 4.73 Å². The molecule has 54 valence electrons. The lowest BCUT2D eigenvalue weighted by atomic mass is 10.3. The quantitative estimate of drug-likeness (QED) is 0.458. The van der Waals surface area contributed by atoms with Crippen LogP contribution < -0.4 is 0 Å². The average molecular weight is 155 g/mol. The van der Waals surface area contributed by atoms with Crippen LogP contribution in [0.3, 0.4) is 0 Å². The molecule has 10 heavy (non-hydrogen) atoms. The number of hydrogen-bond donors (Lipinski definition) is 1. The highest BCUT2D eigenvalue weighted by molar-refractivity contribution is 7.71. The molecule has 2 nitrogen and oxygen atoms in total. The molecule has 0 aromatic carbocycles.